The third kappa shape index (κ3) is 5.21. The van der Waals surface area contributed by atoms with Gasteiger partial charge in [-0.1, -0.05) is 86.9 Å². The fraction of sp³-hybridized carbons (Fsp3) is 0.903. The third-order valence-corrected chi connectivity index (χ3v) is 11.2. The molecule has 7 atom stereocenters. The van der Waals surface area contributed by atoms with Crippen LogP contribution in [0.15, 0.2) is 11.6 Å². The summed E-state index contributed by atoms with van der Waals surface area (Å²) in [6.45, 7) is 11.3. The van der Waals surface area contributed by atoms with Crippen molar-refractivity contribution in [2.45, 2.75) is 141 Å². The fourth-order valence-corrected chi connectivity index (χ4v) is 8.87. The number of halogens is 1. The first kappa shape index (κ1) is 26.7. The summed E-state index contributed by atoms with van der Waals surface area (Å²) in [5.74, 6) is 3.48. The minimum atomic E-state index is -0.595. The number of fused-ring (bicyclic) bond motifs is 5. The summed E-state index contributed by atoms with van der Waals surface area (Å²) in [4.78, 5) is 12.4. The maximum Gasteiger partial charge on any atom is 0.322 e. The van der Waals surface area contributed by atoms with Crippen LogP contribution in [0.3, 0.4) is 0 Å². The first-order valence-electron chi connectivity index (χ1n) is 14.7. The molecule has 3 fully saturated rings. The molecule has 194 valence electrons. The minimum absolute atomic E-state index is 0.0576. The largest absolute Gasteiger partial charge is 0.461 e. The zero-order chi connectivity index (χ0) is 24.6. The fourth-order valence-electron chi connectivity index (χ4n) is 8.77. The number of esters is 1. The number of hydrogen-bond acceptors (Lipinski definition) is 2. The smallest absolute Gasteiger partial charge is 0.322 e. The molecular formula is C31H51BrO2. The van der Waals surface area contributed by atoms with Crippen LogP contribution in [-0.2, 0) is 9.53 Å². The molecule has 0 aliphatic heterocycles. The van der Waals surface area contributed by atoms with E-state index in [0.717, 1.165) is 36.5 Å². The van der Waals surface area contributed by atoms with Gasteiger partial charge in [0.1, 0.15) is 10.4 Å². The first-order valence-corrected chi connectivity index (χ1v) is 15.5. The summed E-state index contributed by atoms with van der Waals surface area (Å²) in [7, 11) is 0. The van der Waals surface area contributed by atoms with E-state index in [0.29, 0.717) is 10.8 Å². The molecule has 34 heavy (non-hydrogen) atoms. The average molecular weight is 536 g/mol. The van der Waals surface area contributed by atoms with E-state index in [2.05, 4.69) is 42.8 Å². The van der Waals surface area contributed by atoms with Gasteiger partial charge in [-0.05, 0) is 99.7 Å². The molecule has 4 rings (SSSR count). The van der Waals surface area contributed by atoms with Crippen LogP contribution in [0.5, 0.6) is 0 Å². The lowest BCUT2D eigenvalue weighted by Crippen LogP contribution is -2.50. The van der Waals surface area contributed by atoms with E-state index in [1.165, 1.54) is 83.5 Å². The second-order valence-electron chi connectivity index (χ2n) is 13.4. The predicted octanol–water partition coefficient (Wildman–Crippen LogP) is 9.40. The van der Waals surface area contributed by atoms with Crippen LogP contribution >= 0.6 is 15.9 Å². The zero-order valence-corrected chi connectivity index (χ0v) is 24.4. The van der Waals surface area contributed by atoms with Gasteiger partial charge in [0.15, 0.2) is 0 Å². The van der Waals surface area contributed by atoms with Crippen LogP contribution in [0.1, 0.15) is 131 Å². The zero-order valence-electron chi connectivity index (χ0n) is 22.8. The lowest BCUT2D eigenvalue weighted by atomic mass is 9.47. The molecule has 0 heterocycles. The van der Waals surface area contributed by atoms with Crippen molar-refractivity contribution >= 4 is 21.9 Å². The molecular weight excluding hydrogens is 484 g/mol. The molecule has 0 unspecified atom stereocenters. The highest BCUT2D eigenvalue weighted by atomic mass is 79.9. The van der Waals surface area contributed by atoms with Crippen LogP contribution in [-0.4, -0.2) is 16.4 Å². The van der Waals surface area contributed by atoms with Crippen molar-refractivity contribution in [3.63, 3.8) is 0 Å². The molecule has 2 nitrogen and oxygen atoms in total. The van der Waals surface area contributed by atoms with Crippen molar-refractivity contribution in [1.82, 2.24) is 0 Å². The molecule has 0 aromatic heterocycles. The van der Waals surface area contributed by atoms with Crippen molar-refractivity contribution in [3.8, 4) is 0 Å². The Labute approximate surface area is 218 Å². The molecule has 0 amide bonds. The Balaban J connectivity index is 1.38. The Bertz CT molecular complexity index is 751. The van der Waals surface area contributed by atoms with Gasteiger partial charge in [-0.15, -0.1) is 0 Å². The predicted molar refractivity (Wildman–Crippen MR) is 146 cm³/mol. The highest BCUT2D eigenvalue weighted by Crippen LogP contribution is 2.66. The van der Waals surface area contributed by atoms with Gasteiger partial charge in [-0.2, -0.15) is 0 Å². The van der Waals surface area contributed by atoms with Crippen molar-refractivity contribution in [2.75, 3.05) is 0 Å². The van der Waals surface area contributed by atoms with E-state index >= 15 is 0 Å². The molecule has 0 aromatic rings. The van der Waals surface area contributed by atoms with Crippen molar-refractivity contribution in [2.24, 2.45) is 34.5 Å². The monoisotopic (exact) mass is 534 g/mol. The molecule has 0 bridgehead atoms. The van der Waals surface area contributed by atoms with Crippen LogP contribution in [0.4, 0.5) is 0 Å². The molecule has 0 radical (unpaired) electrons. The number of carbonyl (C=O) groups is 1. The average Bonchev–Trinajstić information content (AvgIpc) is 3.12. The summed E-state index contributed by atoms with van der Waals surface area (Å²) < 4.78 is 5.33. The van der Waals surface area contributed by atoms with E-state index in [1.807, 2.05) is 13.8 Å². The van der Waals surface area contributed by atoms with E-state index in [9.17, 15) is 4.79 Å². The summed E-state index contributed by atoms with van der Waals surface area (Å²) >= 11 is 3.47. The van der Waals surface area contributed by atoms with Crippen molar-refractivity contribution in [3.05, 3.63) is 11.6 Å². The summed E-state index contributed by atoms with van der Waals surface area (Å²) in [6, 6.07) is 0. The molecule has 3 heteroatoms. The van der Waals surface area contributed by atoms with Gasteiger partial charge in [0, 0.05) is 6.42 Å². The number of unbranched alkanes of at least 4 members (excludes halogenated alkanes) is 5. The highest BCUT2D eigenvalue weighted by molar-refractivity contribution is 9.10. The van der Waals surface area contributed by atoms with E-state index in [4.69, 9.17) is 4.74 Å². The molecule has 4 aliphatic carbocycles. The van der Waals surface area contributed by atoms with Gasteiger partial charge >= 0.3 is 5.97 Å². The van der Waals surface area contributed by atoms with Crippen molar-refractivity contribution in [1.29, 1.82) is 0 Å². The number of allylic oxidation sites excluding steroid dienone is 1. The highest BCUT2D eigenvalue weighted by Gasteiger charge is 2.58. The second kappa shape index (κ2) is 10.6. The number of hydrogen-bond donors (Lipinski definition) is 0. The molecule has 0 N–H and O–H groups in total. The third-order valence-electron chi connectivity index (χ3n) is 10.9. The number of ether oxygens (including phenoxy) is 1. The lowest BCUT2D eigenvalue weighted by Gasteiger charge is -2.58. The quantitative estimate of drug-likeness (QED) is 0.127. The maximum atomic E-state index is 12.4. The van der Waals surface area contributed by atoms with Crippen LogP contribution in [0, 0.1) is 34.5 Å². The van der Waals surface area contributed by atoms with Crippen molar-refractivity contribution < 1.29 is 9.53 Å². The Morgan fingerprint density at radius 1 is 1.03 bits per heavy atom. The molecule has 3 saturated carbocycles. The van der Waals surface area contributed by atoms with Crippen LogP contribution in [0.25, 0.3) is 0 Å². The van der Waals surface area contributed by atoms with Crippen LogP contribution < -0.4 is 0 Å². The topological polar surface area (TPSA) is 26.3 Å². The number of rotatable bonds is 9. The SMILES string of the molecule is CCCCCCCC[C@@H]1CC[C@@H]2[C@H]3CC=C4C[C@@H](OC(=O)C(C)(C)Br)CC[C@]4(C)[C@@H]3CC[C@]12C. The van der Waals surface area contributed by atoms with Gasteiger partial charge in [0.25, 0.3) is 0 Å². The summed E-state index contributed by atoms with van der Waals surface area (Å²) in [6.07, 6.45) is 22.9. The minimum Gasteiger partial charge on any atom is -0.461 e. The van der Waals surface area contributed by atoms with Gasteiger partial charge in [0.05, 0.1) is 0 Å². The standard InChI is InChI=1S/C31H51BrO2/c1-6-7-8-9-10-11-12-22-14-16-26-25-15-13-23-21-24(34-28(33)29(2,3)32)17-19-31(23,5)27(25)18-20-30(22,26)4/h13,22,24-27H,6-12,14-21H2,1-5H3/t22-,24+,25-,26-,27-,30-,31+/m1/s1. The van der Waals surface area contributed by atoms with Crippen LogP contribution in [0.2, 0.25) is 0 Å². The lowest BCUT2D eigenvalue weighted by molar-refractivity contribution is -0.153. The van der Waals surface area contributed by atoms with E-state index in [-0.39, 0.29) is 12.1 Å². The van der Waals surface area contributed by atoms with Gasteiger partial charge < -0.3 is 4.74 Å². The Morgan fingerprint density at radius 3 is 2.50 bits per heavy atom. The van der Waals surface area contributed by atoms with Gasteiger partial charge in [0.2, 0.25) is 0 Å². The van der Waals surface area contributed by atoms with Gasteiger partial charge in [-0.3, -0.25) is 4.79 Å². The Kier molecular flexibility index (Phi) is 8.33. The normalized spacial score (nSPS) is 39.6. The maximum absolute atomic E-state index is 12.4. The molecule has 0 spiro atoms. The number of alkyl halides is 1. The Hall–Kier alpha value is -0.310. The summed E-state index contributed by atoms with van der Waals surface area (Å²) in [5, 5.41) is 0. The van der Waals surface area contributed by atoms with E-state index < -0.39 is 4.32 Å². The molecule has 0 saturated heterocycles. The Morgan fingerprint density at radius 2 is 1.76 bits per heavy atom. The first-order chi connectivity index (χ1) is 16.1. The van der Waals surface area contributed by atoms with E-state index in [1.54, 1.807) is 5.57 Å². The molecule has 0 aromatic carbocycles. The summed E-state index contributed by atoms with van der Waals surface area (Å²) in [5.41, 5.74) is 2.52. The molecule has 4 aliphatic rings. The second-order valence-corrected chi connectivity index (χ2v) is 15.4. The number of carbonyl (C=O) groups excluding carboxylic acids is 1. The van der Waals surface area contributed by atoms with Gasteiger partial charge in [-0.25, -0.2) is 0 Å².